The van der Waals surface area contributed by atoms with Gasteiger partial charge in [-0.2, -0.15) is 8.42 Å². The highest BCUT2D eigenvalue weighted by atomic mass is 32.2. The summed E-state index contributed by atoms with van der Waals surface area (Å²) in [5, 5.41) is 0. The van der Waals surface area contributed by atoms with Crippen molar-refractivity contribution in [2.45, 2.75) is 11.4 Å². The summed E-state index contributed by atoms with van der Waals surface area (Å²) < 4.78 is 108. The van der Waals surface area contributed by atoms with Crippen LogP contribution in [0, 0.1) is 29.1 Å². The second-order valence-corrected chi connectivity index (χ2v) is 9.87. The van der Waals surface area contributed by atoms with E-state index < -0.39 is 44.1 Å². The highest BCUT2D eigenvalue weighted by Gasteiger charge is 2.35. The molecule has 204 valence electrons. The van der Waals surface area contributed by atoms with Crippen LogP contribution in [0.1, 0.15) is 5.56 Å². The predicted molar refractivity (Wildman–Crippen MR) is 128 cm³/mol. The van der Waals surface area contributed by atoms with E-state index in [1.165, 1.54) is 24.3 Å². The zero-order valence-electron chi connectivity index (χ0n) is 20.3. The van der Waals surface area contributed by atoms with Crippen LogP contribution in [0.15, 0.2) is 47.4 Å². The summed E-state index contributed by atoms with van der Waals surface area (Å²) in [6.07, 6.45) is 0. The third-order valence-corrected chi connectivity index (χ3v) is 7.32. The van der Waals surface area contributed by atoms with Crippen LogP contribution in [-0.2, 0) is 16.7 Å². The molecule has 3 aromatic rings. The minimum Gasteiger partial charge on any atom is -0.493 e. The first-order valence-corrected chi connectivity index (χ1v) is 12.7. The molecule has 0 atom stereocenters. The summed E-state index contributed by atoms with van der Waals surface area (Å²) in [7, 11) is -2.21. The Morgan fingerprint density at radius 1 is 0.737 bits per heavy atom. The van der Waals surface area contributed by atoms with Gasteiger partial charge in [0.25, 0.3) is 0 Å². The molecular formula is C25H23F5N2O5S. The molecule has 38 heavy (non-hydrogen) atoms. The van der Waals surface area contributed by atoms with Crippen molar-refractivity contribution in [3.8, 4) is 17.2 Å². The molecule has 0 aliphatic carbocycles. The van der Waals surface area contributed by atoms with Crippen LogP contribution in [0.2, 0.25) is 0 Å². The number of hydrogen-bond donors (Lipinski definition) is 0. The van der Waals surface area contributed by atoms with Crippen molar-refractivity contribution in [2.24, 2.45) is 0 Å². The molecule has 0 saturated carbocycles. The molecule has 0 aromatic heterocycles. The maximum Gasteiger partial charge on any atom is 0.345 e. The maximum atomic E-state index is 13.9. The predicted octanol–water partition coefficient (Wildman–Crippen LogP) is 4.49. The van der Waals surface area contributed by atoms with Gasteiger partial charge >= 0.3 is 10.1 Å². The van der Waals surface area contributed by atoms with Crippen molar-refractivity contribution in [1.29, 1.82) is 0 Å². The molecule has 1 aliphatic heterocycles. The summed E-state index contributed by atoms with van der Waals surface area (Å²) >= 11 is 0. The van der Waals surface area contributed by atoms with Crippen LogP contribution in [-0.4, -0.2) is 53.7 Å². The van der Waals surface area contributed by atoms with Gasteiger partial charge in [-0.25, -0.2) is 22.0 Å². The van der Waals surface area contributed by atoms with E-state index in [-0.39, 0.29) is 5.75 Å². The highest BCUT2D eigenvalue weighted by molar-refractivity contribution is 7.87. The average Bonchev–Trinajstić information content (AvgIpc) is 2.91. The minimum atomic E-state index is -5.35. The first-order chi connectivity index (χ1) is 18.1. The molecule has 0 spiro atoms. The van der Waals surface area contributed by atoms with Gasteiger partial charge in [-0.1, -0.05) is 6.07 Å². The van der Waals surface area contributed by atoms with Gasteiger partial charge in [-0.15, -0.1) is 0 Å². The molecule has 1 heterocycles. The Balaban J connectivity index is 1.40. The van der Waals surface area contributed by atoms with Crippen LogP contribution in [0.25, 0.3) is 0 Å². The maximum absolute atomic E-state index is 13.9. The van der Waals surface area contributed by atoms with Crippen LogP contribution in [0.3, 0.4) is 0 Å². The van der Waals surface area contributed by atoms with E-state index in [0.29, 0.717) is 31.1 Å². The van der Waals surface area contributed by atoms with E-state index >= 15 is 0 Å². The van der Waals surface area contributed by atoms with Crippen LogP contribution in [0.4, 0.5) is 27.6 Å². The van der Waals surface area contributed by atoms with Gasteiger partial charge in [0.1, 0.15) is 5.75 Å². The molecule has 1 aliphatic rings. The molecule has 3 aromatic carbocycles. The van der Waals surface area contributed by atoms with Crippen molar-refractivity contribution >= 4 is 15.8 Å². The van der Waals surface area contributed by atoms with E-state index in [1.54, 1.807) is 14.2 Å². The number of piperazine rings is 1. The number of hydrogen-bond acceptors (Lipinski definition) is 7. The molecule has 0 amide bonds. The van der Waals surface area contributed by atoms with E-state index in [2.05, 4.69) is 9.08 Å². The first-order valence-electron chi connectivity index (χ1n) is 11.3. The normalized spacial score (nSPS) is 14.4. The Morgan fingerprint density at radius 3 is 1.84 bits per heavy atom. The van der Waals surface area contributed by atoms with Gasteiger partial charge in [-0.05, 0) is 42.0 Å². The van der Waals surface area contributed by atoms with E-state index in [0.717, 1.165) is 24.3 Å². The Morgan fingerprint density at radius 2 is 1.29 bits per heavy atom. The molecule has 0 unspecified atom stereocenters. The van der Waals surface area contributed by atoms with E-state index in [9.17, 15) is 30.4 Å². The number of rotatable bonds is 8. The molecule has 0 radical (unpaired) electrons. The topological polar surface area (TPSA) is 68.3 Å². The second kappa shape index (κ2) is 11.0. The molecule has 1 fully saturated rings. The molecule has 7 nitrogen and oxygen atoms in total. The van der Waals surface area contributed by atoms with Crippen molar-refractivity contribution in [2.75, 3.05) is 45.3 Å². The summed E-state index contributed by atoms with van der Waals surface area (Å²) in [5.74, 6) is -11.3. The molecular weight excluding hydrogens is 535 g/mol. The highest BCUT2D eigenvalue weighted by Crippen LogP contribution is 2.31. The molecule has 13 heteroatoms. The number of ether oxygens (including phenoxy) is 2. The van der Waals surface area contributed by atoms with Gasteiger partial charge in [0.15, 0.2) is 39.7 Å². The second-order valence-electron chi connectivity index (χ2n) is 8.38. The van der Waals surface area contributed by atoms with Gasteiger partial charge in [0.2, 0.25) is 5.82 Å². The Labute approximate surface area is 216 Å². The number of anilines is 1. The minimum absolute atomic E-state index is 0.357. The standard InChI is InChI=1S/C25H23F5N2O5S/c1-35-18-8-3-15(13-19(18)36-2)14-31-9-11-32(12-10-31)16-4-6-17(7-5-16)37-38(33,34)25-23(29)21(27)20(26)22(28)24(25)30/h3-8,13H,9-12,14H2,1-2H3. The number of methoxy groups -OCH3 is 2. The average molecular weight is 559 g/mol. The SMILES string of the molecule is COc1ccc(CN2CCN(c3ccc(OS(=O)(=O)c4c(F)c(F)c(F)c(F)c4F)cc3)CC2)cc1OC. The molecule has 4 rings (SSSR count). The van der Waals surface area contributed by atoms with Crippen molar-refractivity contribution in [1.82, 2.24) is 4.90 Å². The van der Waals surface area contributed by atoms with Crippen molar-refractivity contribution in [3.05, 3.63) is 77.1 Å². The molecule has 1 saturated heterocycles. The summed E-state index contributed by atoms with van der Waals surface area (Å²) in [6.45, 7) is 3.51. The van der Waals surface area contributed by atoms with Gasteiger partial charge in [0, 0.05) is 38.4 Å². The quantitative estimate of drug-likeness (QED) is 0.175. The summed E-state index contributed by atoms with van der Waals surface area (Å²) in [5.41, 5.74) is 1.80. The lowest BCUT2D eigenvalue weighted by molar-refractivity contribution is 0.249. The third-order valence-electron chi connectivity index (χ3n) is 6.05. The first kappa shape index (κ1) is 27.5. The van der Waals surface area contributed by atoms with Gasteiger partial charge in [-0.3, -0.25) is 4.90 Å². The van der Waals surface area contributed by atoms with Crippen LogP contribution < -0.4 is 18.6 Å². The molecule has 0 N–H and O–H groups in total. The van der Waals surface area contributed by atoms with Crippen LogP contribution in [0.5, 0.6) is 17.2 Å². The van der Waals surface area contributed by atoms with Crippen molar-refractivity contribution < 1.29 is 44.0 Å². The van der Waals surface area contributed by atoms with Crippen LogP contribution >= 0.6 is 0 Å². The molecule has 0 bridgehead atoms. The van der Waals surface area contributed by atoms with E-state index in [4.69, 9.17) is 9.47 Å². The monoisotopic (exact) mass is 558 g/mol. The number of halogens is 5. The summed E-state index contributed by atoms with van der Waals surface area (Å²) in [4.78, 5) is 2.25. The van der Waals surface area contributed by atoms with E-state index in [1.807, 2.05) is 23.1 Å². The van der Waals surface area contributed by atoms with Gasteiger partial charge in [0.05, 0.1) is 14.2 Å². The lowest BCUT2D eigenvalue weighted by atomic mass is 10.1. The largest absolute Gasteiger partial charge is 0.493 e. The van der Waals surface area contributed by atoms with Gasteiger partial charge < -0.3 is 18.6 Å². The Kier molecular flexibility index (Phi) is 7.97. The number of benzene rings is 3. The van der Waals surface area contributed by atoms with Crippen molar-refractivity contribution in [3.63, 3.8) is 0 Å². The smallest absolute Gasteiger partial charge is 0.345 e. The fraction of sp³-hybridized carbons (Fsp3) is 0.280. The fourth-order valence-corrected chi connectivity index (χ4v) is 5.15. The Hall–Kier alpha value is -3.58. The lowest BCUT2D eigenvalue weighted by Gasteiger charge is -2.36. The zero-order valence-corrected chi connectivity index (χ0v) is 21.1. The third kappa shape index (κ3) is 5.48. The summed E-state index contributed by atoms with van der Waals surface area (Å²) in [6, 6.07) is 11.3. The Bertz CT molecular complexity index is 1400. The zero-order chi connectivity index (χ0) is 27.6. The fourth-order valence-electron chi connectivity index (χ4n) is 4.09. The number of nitrogens with zero attached hydrogens (tertiary/aromatic N) is 2. The lowest BCUT2D eigenvalue weighted by Crippen LogP contribution is -2.45.